The van der Waals surface area contributed by atoms with Crippen LogP contribution in [0.25, 0.3) is 11.0 Å². The molecule has 2 aromatic rings. The van der Waals surface area contributed by atoms with E-state index in [4.69, 9.17) is 15.0 Å². The second kappa shape index (κ2) is 5.26. The smallest absolute Gasteiger partial charge is 0.134 e. The van der Waals surface area contributed by atoms with Crippen molar-refractivity contribution in [1.29, 1.82) is 0 Å². The van der Waals surface area contributed by atoms with Crippen LogP contribution in [-0.4, -0.2) is 6.61 Å². The Hall–Kier alpha value is -1.85. The van der Waals surface area contributed by atoms with E-state index >= 15 is 0 Å². The number of fused-ring (bicyclic) bond motifs is 1. The van der Waals surface area contributed by atoms with Crippen LogP contribution in [0.2, 0.25) is 0 Å². The van der Waals surface area contributed by atoms with E-state index in [0.29, 0.717) is 11.3 Å². The first-order valence-electron chi connectivity index (χ1n) is 6.66. The van der Waals surface area contributed by atoms with Crippen LogP contribution >= 0.6 is 0 Å². The number of furan rings is 1. The van der Waals surface area contributed by atoms with Gasteiger partial charge in [-0.25, -0.2) is 9.82 Å². The van der Waals surface area contributed by atoms with Crippen molar-refractivity contribution in [3.63, 3.8) is 0 Å². The van der Waals surface area contributed by atoms with Crippen LogP contribution in [0.15, 0.2) is 34.5 Å². The molecule has 1 aliphatic heterocycles. The third-order valence-corrected chi connectivity index (χ3v) is 3.70. The van der Waals surface area contributed by atoms with Gasteiger partial charge in [-0.15, -0.1) is 0 Å². The Bertz CT molecular complexity index is 663. The molecule has 4 nitrogen and oxygen atoms in total. The number of hydrogen-bond acceptors (Lipinski definition) is 4. The highest BCUT2D eigenvalue weighted by Gasteiger charge is 2.24. The summed E-state index contributed by atoms with van der Waals surface area (Å²) in [6, 6.07) is 4.27. The van der Waals surface area contributed by atoms with E-state index in [1.807, 2.05) is 6.92 Å². The number of halogens is 1. The lowest BCUT2D eigenvalue weighted by Crippen LogP contribution is -2.30. The number of hydrogen-bond donors (Lipinski definition) is 2. The number of aryl methyl sites for hydroxylation is 1. The van der Waals surface area contributed by atoms with Gasteiger partial charge in [0.05, 0.1) is 12.9 Å². The SMILES string of the molecule is Cc1c(C(NN)C2=COCCC2)oc2ccc(F)cc12. The first kappa shape index (κ1) is 13.1. The number of rotatable bonds is 3. The molecular formula is C15H17FN2O2. The molecule has 2 heterocycles. The Morgan fingerprint density at radius 3 is 2.95 bits per heavy atom. The molecule has 0 radical (unpaired) electrons. The van der Waals surface area contributed by atoms with Gasteiger partial charge in [0.1, 0.15) is 23.2 Å². The molecule has 1 atom stereocenters. The molecular weight excluding hydrogens is 259 g/mol. The monoisotopic (exact) mass is 276 g/mol. The molecule has 106 valence electrons. The molecule has 1 aromatic heterocycles. The molecule has 3 N–H and O–H groups in total. The van der Waals surface area contributed by atoms with Crippen molar-refractivity contribution in [2.24, 2.45) is 5.84 Å². The van der Waals surface area contributed by atoms with Gasteiger partial charge in [-0.2, -0.15) is 0 Å². The second-order valence-corrected chi connectivity index (χ2v) is 5.00. The van der Waals surface area contributed by atoms with Crippen molar-refractivity contribution in [1.82, 2.24) is 5.43 Å². The van der Waals surface area contributed by atoms with Gasteiger partial charge in [0.2, 0.25) is 0 Å². The lowest BCUT2D eigenvalue weighted by Gasteiger charge is -2.21. The van der Waals surface area contributed by atoms with Gasteiger partial charge in [-0.05, 0) is 43.5 Å². The maximum Gasteiger partial charge on any atom is 0.134 e. The minimum Gasteiger partial charge on any atom is -0.501 e. The zero-order valence-electron chi connectivity index (χ0n) is 11.3. The highest BCUT2D eigenvalue weighted by Crippen LogP contribution is 2.34. The highest BCUT2D eigenvalue weighted by atomic mass is 19.1. The van der Waals surface area contributed by atoms with Crippen molar-refractivity contribution in [2.45, 2.75) is 25.8 Å². The standard InChI is InChI=1S/C15H17FN2O2/c1-9-12-7-11(16)4-5-13(12)20-15(9)14(18-17)10-3-2-6-19-8-10/h4-5,7-8,14,18H,2-3,6,17H2,1H3. The van der Waals surface area contributed by atoms with Crippen LogP contribution in [-0.2, 0) is 4.74 Å². The quantitative estimate of drug-likeness (QED) is 0.668. The largest absolute Gasteiger partial charge is 0.501 e. The van der Waals surface area contributed by atoms with Crippen molar-refractivity contribution in [3.8, 4) is 0 Å². The molecule has 0 bridgehead atoms. The van der Waals surface area contributed by atoms with Gasteiger partial charge in [0, 0.05) is 10.9 Å². The molecule has 20 heavy (non-hydrogen) atoms. The molecule has 3 rings (SSSR count). The van der Waals surface area contributed by atoms with Gasteiger partial charge in [-0.3, -0.25) is 5.84 Å². The average molecular weight is 276 g/mol. The summed E-state index contributed by atoms with van der Waals surface area (Å²) in [6.45, 7) is 2.64. The van der Waals surface area contributed by atoms with Gasteiger partial charge >= 0.3 is 0 Å². The summed E-state index contributed by atoms with van der Waals surface area (Å²) in [5.41, 5.74) is 5.37. The fraction of sp³-hybridized carbons (Fsp3) is 0.333. The molecule has 5 heteroatoms. The number of nitrogens with two attached hydrogens (primary N) is 1. The normalized spacial score (nSPS) is 16.9. The maximum absolute atomic E-state index is 13.4. The summed E-state index contributed by atoms with van der Waals surface area (Å²) < 4.78 is 24.6. The Morgan fingerprint density at radius 1 is 1.40 bits per heavy atom. The van der Waals surface area contributed by atoms with Crippen LogP contribution in [0.1, 0.15) is 30.2 Å². The van der Waals surface area contributed by atoms with E-state index in [9.17, 15) is 4.39 Å². The van der Waals surface area contributed by atoms with Crippen molar-refractivity contribution < 1.29 is 13.5 Å². The van der Waals surface area contributed by atoms with Crippen molar-refractivity contribution >= 4 is 11.0 Å². The van der Waals surface area contributed by atoms with Crippen LogP contribution in [0.4, 0.5) is 4.39 Å². The first-order chi connectivity index (χ1) is 9.70. The Kier molecular flexibility index (Phi) is 3.46. The fourth-order valence-corrected chi connectivity index (χ4v) is 2.64. The Balaban J connectivity index is 2.07. The number of nitrogens with one attached hydrogen (secondary N) is 1. The fourth-order valence-electron chi connectivity index (χ4n) is 2.64. The molecule has 0 saturated heterocycles. The van der Waals surface area contributed by atoms with E-state index in [2.05, 4.69) is 5.43 Å². The van der Waals surface area contributed by atoms with Gasteiger partial charge in [0.15, 0.2) is 0 Å². The van der Waals surface area contributed by atoms with Crippen LogP contribution in [0, 0.1) is 12.7 Å². The third kappa shape index (κ3) is 2.19. The summed E-state index contributed by atoms with van der Waals surface area (Å²) in [5, 5.41) is 0.776. The zero-order valence-corrected chi connectivity index (χ0v) is 11.3. The topological polar surface area (TPSA) is 60.4 Å². The molecule has 1 aromatic carbocycles. The van der Waals surface area contributed by atoms with Crippen molar-refractivity contribution in [3.05, 3.63) is 47.2 Å². The van der Waals surface area contributed by atoms with E-state index in [1.54, 1.807) is 12.3 Å². The Morgan fingerprint density at radius 2 is 2.25 bits per heavy atom. The predicted octanol–water partition coefficient (Wildman–Crippen LogP) is 3.08. The van der Waals surface area contributed by atoms with E-state index in [-0.39, 0.29) is 11.9 Å². The predicted molar refractivity (Wildman–Crippen MR) is 74.2 cm³/mol. The summed E-state index contributed by atoms with van der Waals surface area (Å²) in [5.74, 6) is 6.12. The molecule has 0 spiro atoms. The number of benzene rings is 1. The van der Waals surface area contributed by atoms with E-state index in [1.165, 1.54) is 12.1 Å². The van der Waals surface area contributed by atoms with Crippen molar-refractivity contribution in [2.75, 3.05) is 6.61 Å². The lowest BCUT2D eigenvalue weighted by atomic mass is 9.98. The molecule has 1 aliphatic rings. The molecule has 0 aliphatic carbocycles. The maximum atomic E-state index is 13.4. The number of ether oxygens (including phenoxy) is 1. The molecule has 0 amide bonds. The highest BCUT2D eigenvalue weighted by molar-refractivity contribution is 5.82. The summed E-state index contributed by atoms with van der Waals surface area (Å²) in [6.07, 6.45) is 3.60. The van der Waals surface area contributed by atoms with Gasteiger partial charge < -0.3 is 9.15 Å². The summed E-state index contributed by atoms with van der Waals surface area (Å²) in [4.78, 5) is 0. The zero-order chi connectivity index (χ0) is 14.1. The van der Waals surface area contributed by atoms with Crippen LogP contribution < -0.4 is 11.3 Å². The van der Waals surface area contributed by atoms with Gasteiger partial charge in [-0.1, -0.05) is 0 Å². The Labute approximate surface area is 116 Å². The van der Waals surface area contributed by atoms with E-state index < -0.39 is 0 Å². The molecule has 0 saturated carbocycles. The first-order valence-corrected chi connectivity index (χ1v) is 6.66. The minimum atomic E-state index is -0.273. The molecule has 0 fully saturated rings. The average Bonchev–Trinajstić information content (AvgIpc) is 2.78. The number of hydrazine groups is 1. The van der Waals surface area contributed by atoms with Crippen LogP contribution in [0.5, 0.6) is 0 Å². The third-order valence-electron chi connectivity index (χ3n) is 3.70. The minimum absolute atomic E-state index is 0.245. The molecule has 1 unspecified atom stereocenters. The van der Waals surface area contributed by atoms with Gasteiger partial charge in [0.25, 0.3) is 0 Å². The lowest BCUT2D eigenvalue weighted by molar-refractivity contribution is 0.218. The summed E-state index contributed by atoms with van der Waals surface area (Å²) >= 11 is 0. The second-order valence-electron chi connectivity index (χ2n) is 5.00. The van der Waals surface area contributed by atoms with E-state index in [0.717, 1.165) is 36.0 Å². The van der Waals surface area contributed by atoms with Crippen LogP contribution in [0.3, 0.4) is 0 Å². The summed E-state index contributed by atoms with van der Waals surface area (Å²) in [7, 11) is 0.